The molecular weight excluding hydrogens is 342 g/mol. The molecule has 2 nitrogen and oxygen atoms in total. The van der Waals surface area contributed by atoms with Gasteiger partial charge in [-0.1, -0.05) is 78.1 Å². The molecule has 2 saturated carbocycles. The van der Waals surface area contributed by atoms with Gasteiger partial charge in [0.05, 0.1) is 24.2 Å². The first-order valence-corrected chi connectivity index (χ1v) is 12.7. The van der Waals surface area contributed by atoms with Crippen LogP contribution in [-0.2, 0) is 4.74 Å². The Bertz CT molecular complexity index is 424. The van der Waals surface area contributed by atoms with Crippen molar-refractivity contribution in [2.45, 2.75) is 136 Å². The lowest BCUT2D eigenvalue weighted by Gasteiger charge is -2.37. The number of nitriles is 1. The predicted molar refractivity (Wildman–Crippen MR) is 119 cm³/mol. The molecule has 162 valence electrons. The quantitative estimate of drug-likeness (QED) is 0.297. The smallest absolute Gasteiger partial charge is 0.0807 e. The van der Waals surface area contributed by atoms with Crippen LogP contribution in [0.2, 0.25) is 0 Å². The fourth-order valence-electron chi connectivity index (χ4n) is 5.39. The monoisotopic (exact) mass is 389 g/mol. The maximum atomic E-state index is 9.84. The molecular formula is C26H47NO. The number of unbranched alkanes of at least 4 members (excludes halogenated alkanes) is 6. The van der Waals surface area contributed by atoms with Crippen molar-refractivity contribution in [3.8, 4) is 6.07 Å². The SMILES string of the molecule is CCCCCCCC1CCC(OCC2(C#N)CCC(CCCCC)CC2)CC1. The largest absolute Gasteiger partial charge is 0.377 e. The Balaban J connectivity index is 1.60. The first kappa shape index (κ1) is 23.7. The lowest BCUT2D eigenvalue weighted by Crippen LogP contribution is -2.34. The Morgan fingerprint density at radius 3 is 1.89 bits per heavy atom. The number of ether oxygens (including phenoxy) is 1. The Hall–Kier alpha value is -0.550. The molecule has 0 atom stereocenters. The molecule has 2 heteroatoms. The van der Waals surface area contributed by atoms with E-state index in [0.717, 1.165) is 24.7 Å². The van der Waals surface area contributed by atoms with E-state index in [4.69, 9.17) is 4.74 Å². The van der Waals surface area contributed by atoms with Crippen molar-refractivity contribution in [2.24, 2.45) is 17.3 Å². The molecule has 0 spiro atoms. The molecule has 2 aliphatic rings. The first-order chi connectivity index (χ1) is 13.7. The van der Waals surface area contributed by atoms with Gasteiger partial charge in [-0.15, -0.1) is 0 Å². The predicted octanol–water partition coefficient (Wildman–Crippen LogP) is 8.20. The molecule has 0 unspecified atom stereocenters. The van der Waals surface area contributed by atoms with E-state index in [-0.39, 0.29) is 5.41 Å². The molecule has 0 N–H and O–H groups in total. The summed E-state index contributed by atoms with van der Waals surface area (Å²) < 4.78 is 6.33. The van der Waals surface area contributed by atoms with Gasteiger partial charge >= 0.3 is 0 Å². The van der Waals surface area contributed by atoms with Crippen molar-refractivity contribution >= 4 is 0 Å². The standard InChI is InChI=1S/C26H47NO/c1-3-5-7-8-10-12-23-13-15-25(16-14-23)28-22-26(21-27)19-17-24(18-20-26)11-9-6-4-2/h23-25H,3-20,22H2,1-2H3. The summed E-state index contributed by atoms with van der Waals surface area (Å²) in [7, 11) is 0. The van der Waals surface area contributed by atoms with E-state index >= 15 is 0 Å². The molecule has 2 rings (SSSR count). The fraction of sp³-hybridized carbons (Fsp3) is 0.962. The highest BCUT2D eigenvalue weighted by atomic mass is 16.5. The Morgan fingerprint density at radius 2 is 1.29 bits per heavy atom. The molecule has 0 saturated heterocycles. The van der Waals surface area contributed by atoms with E-state index in [1.807, 2.05) is 0 Å². The summed E-state index contributed by atoms with van der Waals surface area (Å²) in [6, 6.07) is 2.67. The van der Waals surface area contributed by atoms with Crippen molar-refractivity contribution in [3.05, 3.63) is 0 Å². The number of hydrogen-bond donors (Lipinski definition) is 0. The van der Waals surface area contributed by atoms with Crippen LogP contribution in [0.1, 0.15) is 129 Å². The summed E-state index contributed by atoms with van der Waals surface area (Å²) in [5.74, 6) is 1.80. The van der Waals surface area contributed by atoms with Crippen molar-refractivity contribution in [1.82, 2.24) is 0 Å². The van der Waals surface area contributed by atoms with Gasteiger partial charge in [0.25, 0.3) is 0 Å². The van der Waals surface area contributed by atoms with Gasteiger partial charge in [-0.25, -0.2) is 0 Å². The molecule has 0 bridgehead atoms. The molecule has 2 fully saturated rings. The zero-order chi connectivity index (χ0) is 20.1. The minimum atomic E-state index is -0.183. The minimum Gasteiger partial charge on any atom is -0.377 e. The molecule has 0 amide bonds. The maximum absolute atomic E-state index is 9.84. The van der Waals surface area contributed by atoms with Gasteiger partial charge in [-0.2, -0.15) is 5.26 Å². The van der Waals surface area contributed by atoms with Gasteiger partial charge in [-0.3, -0.25) is 0 Å². The third-order valence-corrected chi connectivity index (χ3v) is 7.62. The second kappa shape index (κ2) is 13.6. The molecule has 0 aromatic rings. The molecule has 0 radical (unpaired) electrons. The second-order valence-corrected chi connectivity index (χ2v) is 9.99. The lowest BCUT2D eigenvalue weighted by molar-refractivity contribution is -0.0300. The van der Waals surface area contributed by atoms with E-state index in [1.165, 1.54) is 103 Å². The number of nitrogens with zero attached hydrogens (tertiary/aromatic N) is 1. The van der Waals surface area contributed by atoms with E-state index in [2.05, 4.69) is 19.9 Å². The zero-order valence-electron chi connectivity index (χ0n) is 19.0. The van der Waals surface area contributed by atoms with Crippen LogP contribution in [0, 0.1) is 28.6 Å². The molecule has 2 aliphatic carbocycles. The lowest BCUT2D eigenvalue weighted by atomic mass is 9.70. The van der Waals surface area contributed by atoms with Crippen LogP contribution < -0.4 is 0 Å². The van der Waals surface area contributed by atoms with Gasteiger partial charge in [0.2, 0.25) is 0 Å². The van der Waals surface area contributed by atoms with Crippen LogP contribution in [0.15, 0.2) is 0 Å². The summed E-state index contributed by atoms with van der Waals surface area (Å²) in [6.07, 6.45) is 24.0. The highest BCUT2D eigenvalue weighted by Gasteiger charge is 2.36. The Kier molecular flexibility index (Phi) is 11.6. The van der Waals surface area contributed by atoms with Gasteiger partial charge in [0, 0.05) is 0 Å². The van der Waals surface area contributed by atoms with E-state index in [9.17, 15) is 5.26 Å². The summed E-state index contributed by atoms with van der Waals surface area (Å²) in [4.78, 5) is 0. The van der Waals surface area contributed by atoms with Crippen LogP contribution in [0.3, 0.4) is 0 Å². The average molecular weight is 390 g/mol. The highest BCUT2D eigenvalue weighted by Crippen LogP contribution is 2.41. The third-order valence-electron chi connectivity index (χ3n) is 7.62. The third kappa shape index (κ3) is 8.44. The molecule has 0 aromatic carbocycles. The van der Waals surface area contributed by atoms with E-state index < -0.39 is 0 Å². The van der Waals surface area contributed by atoms with Crippen LogP contribution in [0.5, 0.6) is 0 Å². The fourth-order valence-corrected chi connectivity index (χ4v) is 5.39. The number of hydrogen-bond acceptors (Lipinski definition) is 2. The molecule has 0 heterocycles. The van der Waals surface area contributed by atoms with Crippen LogP contribution in [0.4, 0.5) is 0 Å². The van der Waals surface area contributed by atoms with Crippen LogP contribution in [-0.4, -0.2) is 12.7 Å². The van der Waals surface area contributed by atoms with Crippen molar-refractivity contribution in [2.75, 3.05) is 6.61 Å². The van der Waals surface area contributed by atoms with Crippen LogP contribution >= 0.6 is 0 Å². The maximum Gasteiger partial charge on any atom is 0.0807 e. The second-order valence-electron chi connectivity index (χ2n) is 9.99. The first-order valence-electron chi connectivity index (χ1n) is 12.7. The van der Waals surface area contributed by atoms with Crippen molar-refractivity contribution in [3.63, 3.8) is 0 Å². The molecule has 0 aromatic heterocycles. The topological polar surface area (TPSA) is 33.0 Å². The normalized spacial score (nSPS) is 30.8. The van der Waals surface area contributed by atoms with Crippen molar-refractivity contribution < 1.29 is 4.74 Å². The summed E-state index contributed by atoms with van der Waals surface area (Å²) in [6.45, 7) is 5.26. The van der Waals surface area contributed by atoms with Gasteiger partial charge in [0.1, 0.15) is 0 Å². The molecule has 28 heavy (non-hydrogen) atoms. The van der Waals surface area contributed by atoms with E-state index in [1.54, 1.807) is 0 Å². The van der Waals surface area contributed by atoms with Gasteiger partial charge in [0.15, 0.2) is 0 Å². The van der Waals surface area contributed by atoms with Crippen molar-refractivity contribution in [1.29, 1.82) is 5.26 Å². The minimum absolute atomic E-state index is 0.183. The van der Waals surface area contributed by atoms with E-state index in [0.29, 0.717) is 12.7 Å². The Labute approximate surface area is 175 Å². The summed E-state index contributed by atoms with van der Waals surface area (Å²) in [5.41, 5.74) is -0.183. The molecule has 0 aliphatic heterocycles. The zero-order valence-corrected chi connectivity index (χ0v) is 19.0. The average Bonchev–Trinajstić information content (AvgIpc) is 2.74. The van der Waals surface area contributed by atoms with Crippen LogP contribution in [0.25, 0.3) is 0 Å². The number of rotatable bonds is 13. The van der Waals surface area contributed by atoms with Gasteiger partial charge in [-0.05, 0) is 63.2 Å². The summed E-state index contributed by atoms with van der Waals surface area (Å²) in [5, 5.41) is 9.84. The summed E-state index contributed by atoms with van der Waals surface area (Å²) >= 11 is 0. The van der Waals surface area contributed by atoms with Gasteiger partial charge < -0.3 is 4.74 Å². The Morgan fingerprint density at radius 1 is 0.750 bits per heavy atom. The highest BCUT2D eigenvalue weighted by molar-refractivity contribution is 5.02.